The van der Waals surface area contributed by atoms with Crippen LogP contribution >= 0.6 is 23.1 Å². The van der Waals surface area contributed by atoms with Gasteiger partial charge < -0.3 is 10.2 Å². The maximum absolute atomic E-state index is 5.80. The number of aromatic nitrogens is 2. The third-order valence-electron chi connectivity index (χ3n) is 2.76. The van der Waals surface area contributed by atoms with Crippen molar-refractivity contribution in [1.29, 1.82) is 0 Å². The highest BCUT2D eigenvalue weighted by Gasteiger charge is 2.10. The zero-order chi connectivity index (χ0) is 13.9. The minimum atomic E-state index is 0.583. The highest BCUT2D eigenvalue weighted by molar-refractivity contribution is 7.98. The molecule has 0 fully saturated rings. The number of aryl methyl sites for hydroxylation is 1. The molecule has 3 aromatic rings. The average Bonchev–Trinajstić information content (AvgIpc) is 3.09. The third kappa shape index (κ3) is 2.86. The second-order valence-electron chi connectivity index (χ2n) is 4.29. The molecule has 0 bridgehead atoms. The van der Waals surface area contributed by atoms with E-state index in [4.69, 9.17) is 10.2 Å². The largest absolute Gasteiger partial charge is 0.419 e. The van der Waals surface area contributed by atoms with E-state index in [9.17, 15) is 0 Å². The zero-order valence-electron chi connectivity index (χ0n) is 10.9. The fraction of sp³-hybridized carbons (Fsp3) is 0.143. The van der Waals surface area contributed by atoms with Crippen molar-refractivity contribution in [3.63, 3.8) is 0 Å². The van der Waals surface area contributed by atoms with Crippen LogP contribution in [0.3, 0.4) is 0 Å². The molecule has 2 aromatic heterocycles. The van der Waals surface area contributed by atoms with Crippen molar-refractivity contribution in [2.75, 3.05) is 5.73 Å². The van der Waals surface area contributed by atoms with Crippen LogP contribution in [0, 0.1) is 6.92 Å². The van der Waals surface area contributed by atoms with Crippen LogP contribution in [-0.2, 0) is 5.75 Å². The summed E-state index contributed by atoms with van der Waals surface area (Å²) >= 11 is 3.24. The van der Waals surface area contributed by atoms with E-state index >= 15 is 0 Å². The summed E-state index contributed by atoms with van der Waals surface area (Å²) in [7, 11) is 0. The Morgan fingerprint density at radius 3 is 3.00 bits per heavy atom. The molecular weight excluding hydrogens is 290 g/mol. The summed E-state index contributed by atoms with van der Waals surface area (Å²) < 4.78 is 5.66. The molecule has 0 saturated heterocycles. The van der Waals surface area contributed by atoms with Gasteiger partial charge in [0.25, 0.3) is 5.89 Å². The van der Waals surface area contributed by atoms with Gasteiger partial charge in [-0.15, -0.1) is 33.3 Å². The van der Waals surface area contributed by atoms with E-state index < -0.39 is 0 Å². The molecule has 2 heterocycles. The van der Waals surface area contributed by atoms with E-state index in [0.717, 1.165) is 15.5 Å². The first-order valence-corrected chi connectivity index (χ1v) is 7.94. The predicted octanol–water partition coefficient (Wildman–Crippen LogP) is 3.98. The molecule has 6 heteroatoms. The molecule has 0 spiro atoms. The van der Waals surface area contributed by atoms with Gasteiger partial charge in [-0.1, -0.05) is 12.1 Å². The van der Waals surface area contributed by atoms with E-state index in [1.54, 1.807) is 23.1 Å². The molecule has 2 N–H and O–H groups in total. The van der Waals surface area contributed by atoms with Crippen molar-refractivity contribution in [3.8, 4) is 10.8 Å². The van der Waals surface area contributed by atoms with Gasteiger partial charge in [-0.25, -0.2) is 0 Å². The van der Waals surface area contributed by atoms with E-state index in [1.165, 1.54) is 5.56 Å². The fourth-order valence-corrected chi connectivity index (χ4v) is 3.28. The van der Waals surface area contributed by atoms with Gasteiger partial charge in [0.05, 0.1) is 10.6 Å². The smallest absolute Gasteiger partial charge is 0.257 e. The van der Waals surface area contributed by atoms with Crippen LogP contribution in [-0.4, -0.2) is 10.2 Å². The summed E-state index contributed by atoms with van der Waals surface area (Å²) in [6.07, 6.45) is 0. The number of nitrogens with zero attached hydrogens (tertiary/aromatic N) is 2. The summed E-state index contributed by atoms with van der Waals surface area (Å²) in [5, 5.41) is 10.1. The van der Waals surface area contributed by atoms with Crippen molar-refractivity contribution < 1.29 is 4.42 Å². The number of rotatable bonds is 4. The van der Waals surface area contributed by atoms with E-state index in [1.807, 2.05) is 35.7 Å². The number of benzene rings is 1. The summed E-state index contributed by atoms with van der Waals surface area (Å²) in [6.45, 7) is 2.06. The van der Waals surface area contributed by atoms with Gasteiger partial charge in [0, 0.05) is 10.6 Å². The SMILES string of the molecule is Cc1ccc(N)cc1SCc1nnc(-c2cccs2)o1. The molecule has 0 aliphatic carbocycles. The second-order valence-corrected chi connectivity index (χ2v) is 6.26. The van der Waals surface area contributed by atoms with Crippen LogP contribution in [0.25, 0.3) is 10.8 Å². The van der Waals surface area contributed by atoms with E-state index in [-0.39, 0.29) is 0 Å². The lowest BCUT2D eigenvalue weighted by atomic mass is 10.2. The minimum Gasteiger partial charge on any atom is -0.419 e. The molecule has 0 atom stereocenters. The molecule has 0 aliphatic heterocycles. The van der Waals surface area contributed by atoms with Crippen molar-refractivity contribution >= 4 is 28.8 Å². The summed E-state index contributed by atoms with van der Waals surface area (Å²) in [4.78, 5) is 2.13. The molecular formula is C14H13N3OS2. The van der Waals surface area contributed by atoms with Gasteiger partial charge in [0.2, 0.25) is 5.89 Å². The van der Waals surface area contributed by atoms with Crippen molar-refractivity contribution in [2.45, 2.75) is 17.6 Å². The molecule has 0 unspecified atom stereocenters. The number of nitrogen functional groups attached to an aromatic ring is 1. The summed E-state index contributed by atoms with van der Waals surface area (Å²) in [5.74, 6) is 1.85. The van der Waals surface area contributed by atoms with Crippen molar-refractivity contribution in [1.82, 2.24) is 10.2 Å². The first-order chi connectivity index (χ1) is 9.72. The summed E-state index contributed by atoms with van der Waals surface area (Å²) in [5.41, 5.74) is 7.76. The van der Waals surface area contributed by atoms with E-state index in [0.29, 0.717) is 17.5 Å². The third-order valence-corrected chi connectivity index (χ3v) is 4.76. The lowest BCUT2D eigenvalue weighted by molar-refractivity contribution is 0.529. The lowest BCUT2D eigenvalue weighted by Crippen LogP contribution is -1.88. The Hall–Kier alpha value is -1.79. The Morgan fingerprint density at radius 1 is 1.30 bits per heavy atom. The van der Waals surface area contributed by atoms with Gasteiger partial charge >= 0.3 is 0 Å². The van der Waals surface area contributed by atoms with Crippen LogP contribution < -0.4 is 5.73 Å². The Morgan fingerprint density at radius 2 is 2.20 bits per heavy atom. The van der Waals surface area contributed by atoms with Gasteiger partial charge in [-0.2, -0.15) is 0 Å². The number of nitrogens with two attached hydrogens (primary N) is 1. The maximum Gasteiger partial charge on any atom is 0.257 e. The van der Waals surface area contributed by atoms with Crippen LogP contribution in [0.4, 0.5) is 5.69 Å². The van der Waals surface area contributed by atoms with E-state index in [2.05, 4.69) is 17.1 Å². The Labute approximate surface area is 125 Å². The Kier molecular flexibility index (Phi) is 3.75. The van der Waals surface area contributed by atoms with Crippen LogP contribution in [0.5, 0.6) is 0 Å². The molecule has 0 radical (unpaired) electrons. The highest BCUT2D eigenvalue weighted by Crippen LogP contribution is 2.29. The zero-order valence-corrected chi connectivity index (χ0v) is 12.5. The predicted molar refractivity (Wildman–Crippen MR) is 82.8 cm³/mol. The van der Waals surface area contributed by atoms with Gasteiger partial charge in [-0.3, -0.25) is 0 Å². The van der Waals surface area contributed by atoms with Gasteiger partial charge in [0.1, 0.15) is 0 Å². The Bertz CT molecular complexity index is 707. The second kappa shape index (κ2) is 5.68. The standard InChI is InChI=1S/C14H13N3OS2/c1-9-4-5-10(15)7-12(9)20-8-13-16-17-14(18-13)11-3-2-6-19-11/h2-7H,8,15H2,1H3. The molecule has 102 valence electrons. The molecule has 0 amide bonds. The quantitative estimate of drug-likeness (QED) is 0.583. The molecule has 0 aliphatic rings. The number of hydrogen-bond acceptors (Lipinski definition) is 6. The molecule has 0 saturated carbocycles. The topological polar surface area (TPSA) is 64.9 Å². The Balaban J connectivity index is 1.71. The van der Waals surface area contributed by atoms with Crippen LogP contribution in [0.1, 0.15) is 11.5 Å². The van der Waals surface area contributed by atoms with Crippen LogP contribution in [0.2, 0.25) is 0 Å². The molecule has 4 nitrogen and oxygen atoms in total. The highest BCUT2D eigenvalue weighted by atomic mass is 32.2. The first-order valence-electron chi connectivity index (χ1n) is 6.07. The molecule has 20 heavy (non-hydrogen) atoms. The maximum atomic E-state index is 5.80. The monoisotopic (exact) mass is 303 g/mol. The average molecular weight is 303 g/mol. The molecule has 3 rings (SSSR count). The van der Waals surface area contributed by atoms with Crippen LogP contribution in [0.15, 0.2) is 45.0 Å². The first kappa shape index (κ1) is 13.2. The van der Waals surface area contributed by atoms with Crippen molar-refractivity contribution in [3.05, 3.63) is 47.2 Å². The minimum absolute atomic E-state index is 0.583. The number of anilines is 1. The normalized spacial score (nSPS) is 10.8. The van der Waals surface area contributed by atoms with Crippen molar-refractivity contribution in [2.24, 2.45) is 0 Å². The molecule has 1 aromatic carbocycles. The van der Waals surface area contributed by atoms with Gasteiger partial charge in [0.15, 0.2) is 0 Å². The van der Waals surface area contributed by atoms with Gasteiger partial charge in [-0.05, 0) is 36.1 Å². The lowest BCUT2D eigenvalue weighted by Gasteiger charge is -2.04. The summed E-state index contributed by atoms with van der Waals surface area (Å²) in [6, 6.07) is 9.83. The fourth-order valence-electron chi connectivity index (χ4n) is 1.72. The number of thioether (sulfide) groups is 1. The number of hydrogen-bond donors (Lipinski definition) is 1. The number of thiophene rings is 1.